The van der Waals surface area contributed by atoms with Crippen molar-refractivity contribution in [2.45, 2.75) is 19.3 Å². The Hall–Kier alpha value is -2.47. The number of methoxy groups -OCH3 is 1. The molecule has 2 aromatic heterocycles. The molecule has 5 nitrogen and oxygen atoms in total. The van der Waals surface area contributed by atoms with E-state index in [0.717, 1.165) is 34.4 Å². The maximum absolute atomic E-state index is 12.0. The summed E-state index contributed by atoms with van der Waals surface area (Å²) in [5.41, 5.74) is 2.01. The van der Waals surface area contributed by atoms with Gasteiger partial charge in [0.05, 0.1) is 17.3 Å². The number of anilines is 1. The molecule has 0 saturated carbocycles. The van der Waals surface area contributed by atoms with Crippen molar-refractivity contribution in [2.75, 3.05) is 12.4 Å². The van der Waals surface area contributed by atoms with Crippen LogP contribution in [-0.2, 0) is 11.2 Å². The summed E-state index contributed by atoms with van der Waals surface area (Å²) in [4.78, 5) is 20.5. The van der Waals surface area contributed by atoms with Crippen LogP contribution in [0.25, 0.3) is 10.2 Å². The van der Waals surface area contributed by atoms with E-state index in [9.17, 15) is 4.79 Å². The number of aryl methyl sites for hydroxylation is 1. The van der Waals surface area contributed by atoms with E-state index in [2.05, 4.69) is 15.3 Å². The zero-order chi connectivity index (χ0) is 16.1. The van der Waals surface area contributed by atoms with Crippen molar-refractivity contribution in [3.05, 3.63) is 48.3 Å². The maximum atomic E-state index is 12.0. The van der Waals surface area contributed by atoms with E-state index in [1.54, 1.807) is 13.3 Å². The standard InChI is InChI=1S/C17H17N3O2S/c1-22-13-7-8-14-15(10-13)23-17(19-14)20-16(21)6-2-4-12-5-3-9-18-11-12/h3,5,7-11H,2,4,6H2,1H3,(H,19,20,21). The molecule has 0 atom stereocenters. The number of pyridine rings is 1. The Morgan fingerprint density at radius 1 is 1.35 bits per heavy atom. The van der Waals surface area contributed by atoms with E-state index in [0.29, 0.717) is 11.6 Å². The van der Waals surface area contributed by atoms with Gasteiger partial charge in [0, 0.05) is 18.8 Å². The van der Waals surface area contributed by atoms with Crippen LogP contribution >= 0.6 is 11.3 Å². The molecule has 6 heteroatoms. The van der Waals surface area contributed by atoms with Gasteiger partial charge in [0.25, 0.3) is 0 Å². The molecule has 23 heavy (non-hydrogen) atoms. The average molecular weight is 327 g/mol. The van der Waals surface area contributed by atoms with Crippen molar-refractivity contribution >= 4 is 32.6 Å². The van der Waals surface area contributed by atoms with Crippen LogP contribution in [0, 0.1) is 0 Å². The van der Waals surface area contributed by atoms with Crippen LogP contribution in [0.2, 0.25) is 0 Å². The molecule has 0 radical (unpaired) electrons. The summed E-state index contributed by atoms with van der Waals surface area (Å²) in [6, 6.07) is 9.60. The molecule has 0 bridgehead atoms. The molecule has 0 unspecified atom stereocenters. The Bertz CT molecular complexity index is 802. The summed E-state index contributed by atoms with van der Waals surface area (Å²) < 4.78 is 6.19. The number of nitrogens with one attached hydrogen (secondary N) is 1. The highest BCUT2D eigenvalue weighted by Crippen LogP contribution is 2.29. The Labute approximate surface area is 138 Å². The Balaban J connectivity index is 1.55. The van der Waals surface area contributed by atoms with Gasteiger partial charge < -0.3 is 10.1 Å². The molecule has 3 aromatic rings. The lowest BCUT2D eigenvalue weighted by Crippen LogP contribution is -2.11. The molecule has 3 rings (SSSR count). The molecule has 1 aromatic carbocycles. The summed E-state index contributed by atoms with van der Waals surface area (Å²) in [6.45, 7) is 0. The van der Waals surface area contributed by atoms with Gasteiger partial charge in [-0.3, -0.25) is 9.78 Å². The zero-order valence-corrected chi connectivity index (χ0v) is 13.6. The van der Waals surface area contributed by atoms with Crippen molar-refractivity contribution < 1.29 is 9.53 Å². The van der Waals surface area contributed by atoms with Crippen molar-refractivity contribution in [2.24, 2.45) is 0 Å². The third-order valence-electron chi connectivity index (χ3n) is 3.43. The zero-order valence-electron chi connectivity index (χ0n) is 12.8. The number of ether oxygens (including phenoxy) is 1. The van der Waals surface area contributed by atoms with E-state index in [1.165, 1.54) is 11.3 Å². The average Bonchev–Trinajstić information content (AvgIpc) is 2.96. The number of nitrogens with zero attached hydrogens (tertiary/aromatic N) is 2. The number of thiazole rings is 1. The maximum Gasteiger partial charge on any atom is 0.226 e. The normalized spacial score (nSPS) is 10.7. The second-order valence-electron chi connectivity index (χ2n) is 5.12. The second kappa shape index (κ2) is 7.19. The molecule has 2 heterocycles. The van der Waals surface area contributed by atoms with Crippen molar-refractivity contribution in [1.29, 1.82) is 0 Å². The Morgan fingerprint density at radius 3 is 3.04 bits per heavy atom. The van der Waals surface area contributed by atoms with Crippen LogP contribution in [0.4, 0.5) is 5.13 Å². The van der Waals surface area contributed by atoms with Gasteiger partial charge in [-0.05, 0) is 42.7 Å². The van der Waals surface area contributed by atoms with E-state index < -0.39 is 0 Å². The fourth-order valence-electron chi connectivity index (χ4n) is 2.27. The quantitative estimate of drug-likeness (QED) is 0.750. The van der Waals surface area contributed by atoms with Crippen LogP contribution in [0.3, 0.4) is 0 Å². The van der Waals surface area contributed by atoms with Crippen LogP contribution < -0.4 is 10.1 Å². The smallest absolute Gasteiger partial charge is 0.226 e. The van der Waals surface area contributed by atoms with Gasteiger partial charge in [-0.25, -0.2) is 4.98 Å². The second-order valence-corrected chi connectivity index (χ2v) is 6.15. The summed E-state index contributed by atoms with van der Waals surface area (Å²) in [5.74, 6) is 0.774. The minimum atomic E-state index is -0.0140. The fourth-order valence-corrected chi connectivity index (χ4v) is 3.18. The number of carbonyl (C=O) groups is 1. The van der Waals surface area contributed by atoms with E-state index in [-0.39, 0.29) is 5.91 Å². The minimum Gasteiger partial charge on any atom is -0.497 e. The number of hydrogen-bond donors (Lipinski definition) is 1. The number of benzene rings is 1. The molecule has 0 aliphatic carbocycles. The molecule has 0 aliphatic heterocycles. The number of carbonyl (C=O) groups excluding carboxylic acids is 1. The first-order chi connectivity index (χ1) is 11.2. The Morgan fingerprint density at radius 2 is 2.26 bits per heavy atom. The molecular formula is C17H17N3O2S. The first-order valence-electron chi connectivity index (χ1n) is 7.38. The van der Waals surface area contributed by atoms with Crippen molar-refractivity contribution in [3.8, 4) is 5.75 Å². The number of aromatic nitrogens is 2. The summed E-state index contributed by atoms with van der Waals surface area (Å²) in [6.07, 6.45) is 5.68. The van der Waals surface area contributed by atoms with Gasteiger partial charge in [0.1, 0.15) is 5.75 Å². The highest BCUT2D eigenvalue weighted by Gasteiger charge is 2.08. The number of fused-ring (bicyclic) bond motifs is 1. The number of rotatable bonds is 6. The van der Waals surface area contributed by atoms with Crippen molar-refractivity contribution in [1.82, 2.24) is 9.97 Å². The van der Waals surface area contributed by atoms with Gasteiger partial charge >= 0.3 is 0 Å². The number of hydrogen-bond acceptors (Lipinski definition) is 5. The van der Waals surface area contributed by atoms with E-state index >= 15 is 0 Å². The predicted octanol–water partition coefficient (Wildman–Crippen LogP) is 3.66. The molecule has 0 aliphatic rings. The molecular weight excluding hydrogens is 310 g/mol. The van der Waals surface area contributed by atoms with Gasteiger partial charge in [0.15, 0.2) is 5.13 Å². The molecule has 1 N–H and O–H groups in total. The first-order valence-corrected chi connectivity index (χ1v) is 8.19. The molecule has 1 amide bonds. The lowest BCUT2D eigenvalue weighted by molar-refractivity contribution is -0.116. The monoisotopic (exact) mass is 327 g/mol. The predicted molar refractivity (Wildman–Crippen MR) is 92.0 cm³/mol. The highest BCUT2D eigenvalue weighted by atomic mass is 32.1. The van der Waals surface area contributed by atoms with Crippen molar-refractivity contribution in [3.63, 3.8) is 0 Å². The SMILES string of the molecule is COc1ccc2nc(NC(=O)CCCc3cccnc3)sc2c1. The minimum absolute atomic E-state index is 0.0140. The summed E-state index contributed by atoms with van der Waals surface area (Å²) in [7, 11) is 1.63. The Kier molecular flexibility index (Phi) is 4.83. The molecule has 0 fully saturated rings. The van der Waals surface area contributed by atoms with Gasteiger partial charge in [-0.15, -0.1) is 0 Å². The lowest BCUT2D eigenvalue weighted by Gasteiger charge is -2.01. The largest absolute Gasteiger partial charge is 0.497 e. The highest BCUT2D eigenvalue weighted by molar-refractivity contribution is 7.22. The van der Waals surface area contributed by atoms with Gasteiger partial charge in [-0.1, -0.05) is 17.4 Å². The van der Waals surface area contributed by atoms with E-state index in [1.807, 2.05) is 36.5 Å². The number of amides is 1. The summed E-state index contributed by atoms with van der Waals surface area (Å²) in [5, 5.41) is 3.49. The molecule has 118 valence electrons. The summed E-state index contributed by atoms with van der Waals surface area (Å²) >= 11 is 1.45. The third kappa shape index (κ3) is 4.04. The first kappa shape index (κ1) is 15.4. The van der Waals surface area contributed by atoms with Gasteiger partial charge in [0.2, 0.25) is 5.91 Å². The third-order valence-corrected chi connectivity index (χ3v) is 4.37. The topological polar surface area (TPSA) is 64.1 Å². The van der Waals surface area contributed by atoms with E-state index in [4.69, 9.17) is 4.74 Å². The lowest BCUT2D eigenvalue weighted by atomic mass is 10.1. The van der Waals surface area contributed by atoms with Crippen LogP contribution in [0.5, 0.6) is 5.75 Å². The van der Waals surface area contributed by atoms with Crippen LogP contribution in [0.1, 0.15) is 18.4 Å². The van der Waals surface area contributed by atoms with Crippen LogP contribution in [-0.4, -0.2) is 23.0 Å². The van der Waals surface area contributed by atoms with Crippen LogP contribution in [0.15, 0.2) is 42.7 Å². The molecule has 0 spiro atoms. The molecule has 0 saturated heterocycles. The van der Waals surface area contributed by atoms with Gasteiger partial charge in [-0.2, -0.15) is 0 Å². The fraction of sp³-hybridized carbons (Fsp3) is 0.235.